The topological polar surface area (TPSA) is 9.23 Å². The molecule has 0 rings (SSSR count). The van der Waals surface area contributed by atoms with E-state index in [9.17, 15) is 0 Å². The molecule has 5 heavy (non-hydrogen) atoms. The lowest BCUT2D eigenvalue weighted by molar-refractivity contribution is 0.400. The SMILES string of the molecule is CCOP.Cl. The molecule has 0 saturated heterocycles. The molecule has 1 atom stereocenters. The maximum Gasteiger partial charge on any atom is 0.0473 e. The van der Waals surface area contributed by atoms with Gasteiger partial charge in [-0.3, -0.25) is 0 Å². The molecule has 0 bridgehead atoms. The van der Waals surface area contributed by atoms with Gasteiger partial charge in [0.2, 0.25) is 0 Å². The van der Waals surface area contributed by atoms with Gasteiger partial charge in [0, 0.05) is 16.1 Å². The van der Waals surface area contributed by atoms with Gasteiger partial charge in [0.05, 0.1) is 0 Å². The van der Waals surface area contributed by atoms with Crippen molar-refractivity contribution in [2.24, 2.45) is 0 Å². The smallest absolute Gasteiger partial charge is 0.0473 e. The summed E-state index contributed by atoms with van der Waals surface area (Å²) < 4.78 is 4.46. The van der Waals surface area contributed by atoms with Crippen LogP contribution in [0.1, 0.15) is 6.92 Å². The quantitative estimate of drug-likeness (QED) is 0.466. The van der Waals surface area contributed by atoms with E-state index < -0.39 is 0 Å². The highest BCUT2D eigenvalue weighted by Gasteiger charge is 1.51. The summed E-state index contributed by atoms with van der Waals surface area (Å²) in [5.74, 6) is 0. The Morgan fingerprint density at radius 1 is 1.80 bits per heavy atom. The minimum Gasteiger partial charge on any atom is -0.366 e. The van der Waals surface area contributed by atoms with Gasteiger partial charge in [-0.2, -0.15) is 0 Å². The first-order valence-electron chi connectivity index (χ1n) is 1.23. The molecule has 34 valence electrons. The zero-order chi connectivity index (χ0) is 3.41. The van der Waals surface area contributed by atoms with E-state index in [0.29, 0.717) is 0 Å². The molecule has 3 heteroatoms. The van der Waals surface area contributed by atoms with Crippen molar-refractivity contribution in [3.8, 4) is 0 Å². The highest BCUT2D eigenvalue weighted by Crippen LogP contribution is 1.77. The van der Waals surface area contributed by atoms with E-state index in [1.165, 1.54) is 0 Å². The Hall–Kier alpha value is 0.680. The molecule has 0 N–H and O–H groups in total. The fourth-order valence-electron chi connectivity index (χ4n) is 0. The monoisotopic (exact) mass is 114 g/mol. The van der Waals surface area contributed by atoms with Crippen LogP contribution < -0.4 is 0 Å². The van der Waals surface area contributed by atoms with Crippen molar-refractivity contribution in [1.82, 2.24) is 0 Å². The van der Waals surface area contributed by atoms with Crippen LogP contribution in [0.4, 0.5) is 0 Å². The molecule has 0 aromatic carbocycles. The molecule has 0 radical (unpaired) electrons. The third-order valence-electron chi connectivity index (χ3n) is 0.167. The molecule has 0 saturated carbocycles. The second kappa shape index (κ2) is 8.82. The van der Waals surface area contributed by atoms with Crippen LogP contribution in [0, 0.1) is 0 Å². The Morgan fingerprint density at radius 3 is 2.00 bits per heavy atom. The van der Waals surface area contributed by atoms with Gasteiger partial charge < -0.3 is 4.52 Å². The summed E-state index contributed by atoms with van der Waals surface area (Å²) in [5, 5.41) is 0. The number of hydrogen-bond acceptors (Lipinski definition) is 1. The van der Waals surface area contributed by atoms with Crippen LogP contribution in [0.2, 0.25) is 0 Å². The lowest BCUT2D eigenvalue weighted by Crippen LogP contribution is -1.63. The largest absolute Gasteiger partial charge is 0.366 e. The maximum absolute atomic E-state index is 4.46. The van der Waals surface area contributed by atoms with Gasteiger partial charge in [-0.15, -0.1) is 12.4 Å². The fraction of sp³-hybridized carbons (Fsp3) is 1.00. The van der Waals surface area contributed by atoms with Gasteiger partial charge in [-0.1, -0.05) is 0 Å². The Bertz CT molecular complexity index is 11.6. The van der Waals surface area contributed by atoms with Crippen LogP contribution in [0.25, 0.3) is 0 Å². The molecule has 1 unspecified atom stereocenters. The van der Waals surface area contributed by atoms with Crippen LogP contribution in [-0.4, -0.2) is 6.61 Å². The van der Waals surface area contributed by atoms with Gasteiger partial charge in [0.15, 0.2) is 0 Å². The van der Waals surface area contributed by atoms with E-state index in [2.05, 4.69) is 14.0 Å². The average molecular weight is 115 g/mol. The second-order valence-electron chi connectivity index (χ2n) is 0.455. The third kappa shape index (κ3) is 11.9. The van der Waals surface area contributed by atoms with Crippen molar-refractivity contribution < 1.29 is 4.52 Å². The standard InChI is InChI=1S/C2H7OP.ClH/c1-2-3-4;/h2,4H2,1H3;1H. The van der Waals surface area contributed by atoms with Crippen molar-refractivity contribution in [3.63, 3.8) is 0 Å². The summed E-state index contributed by atoms with van der Waals surface area (Å²) in [6, 6.07) is 0. The predicted octanol–water partition coefficient (Wildman–Crippen LogP) is 1.23. The Labute approximate surface area is 40.8 Å². The van der Waals surface area contributed by atoms with E-state index in [1.54, 1.807) is 0 Å². The summed E-state index contributed by atoms with van der Waals surface area (Å²) >= 11 is 0. The van der Waals surface area contributed by atoms with Crippen LogP contribution >= 0.6 is 21.9 Å². The van der Waals surface area contributed by atoms with Crippen molar-refractivity contribution in [3.05, 3.63) is 0 Å². The summed E-state index contributed by atoms with van der Waals surface area (Å²) in [5.41, 5.74) is 0. The van der Waals surface area contributed by atoms with Gasteiger partial charge in [-0.25, -0.2) is 0 Å². The molecule has 1 nitrogen and oxygen atoms in total. The second-order valence-corrected chi connectivity index (χ2v) is 0.789. The van der Waals surface area contributed by atoms with Gasteiger partial charge in [0.1, 0.15) is 0 Å². The zero-order valence-corrected chi connectivity index (χ0v) is 5.07. The molecule has 0 heterocycles. The highest BCUT2D eigenvalue weighted by atomic mass is 35.5. The molecule has 0 amide bonds. The highest BCUT2D eigenvalue weighted by molar-refractivity contribution is 7.09. The summed E-state index contributed by atoms with van der Waals surface area (Å²) in [4.78, 5) is 0. The van der Waals surface area contributed by atoms with Crippen molar-refractivity contribution in [2.75, 3.05) is 6.61 Å². The number of halogens is 1. The predicted molar refractivity (Wildman–Crippen MR) is 28.6 cm³/mol. The van der Waals surface area contributed by atoms with Crippen LogP contribution in [0.5, 0.6) is 0 Å². The first-order chi connectivity index (χ1) is 1.91. The minimum atomic E-state index is 0. The van der Waals surface area contributed by atoms with Crippen molar-refractivity contribution in [2.45, 2.75) is 6.92 Å². The van der Waals surface area contributed by atoms with Crippen LogP contribution in [-0.2, 0) is 4.52 Å². The van der Waals surface area contributed by atoms with Crippen LogP contribution in [0.15, 0.2) is 0 Å². The fourth-order valence-corrected chi connectivity index (χ4v) is 0. The molecule has 0 aliphatic rings. The van der Waals surface area contributed by atoms with E-state index in [-0.39, 0.29) is 12.4 Å². The lowest BCUT2D eigenvalue weighted by atomic mass is 10.9. The molecule has 0 aliphatic carbocycles. The average Bonchev–Trinajstić information content (AvgIpc) is 1.37. The molecule has 0 aliphatic heterocycles. The maximum atomic E-state index is 4.46. The Morgan fingerprint density at radius 2 is 2.00 bits per heavy atom. The van der Waals surface area contributed by atoms with Crippen LogP contribution in [0.3, 0.4) is 0 Å². The third-order valence-corrected chi connectivity index (χ3v) is 0.500. The van der Waals surface area contributed by atoms with Gasteiger partial charge in [-0.05, 0) is 6.92 Å². The lowest BCUT2D eigenvalue weighted by Gasteiger charge is -1.75. The summed E-state index contributed by atoms with van der Waals surface area (Å²) in [7, 11) is 2.16. The minimum absolute atomic E-state index is 0. The first kappa shape index (κ1) is 9.19. The van der Waals surface area contributed by atoms with E-state index >= 15 is 0 Å². The molecule has 0 spiro atoms. The van der Waals surface area contributed by atoms with E-state index in [1.807, 2.05) is 6.92 Å². The molecule has 0 aromatic heterocycles. The zero-order valence-electron chi connectivity index (χ0n) is 3.10. The number of hydrogen-bond donors (Lipinski definition) is 0. The molecule has 0 fully saturated rings. The van der Waals surface area contributed by atoms with Crippen molar-refractivity contribution in [1.29, 1.82) is 0 Å². The normalized spacial score (nSPS) is 6.00. The number of rotatable bonds is 1. The summed E-state index contributed by atoms with van der Waals surface area (Å²) in [6.45, 7) is 2.72. The van der Waals surface area contributed by atoms with E-state index in [4.69, 9.17) is 0 Å². The molecular weight excluding hydrogens is 106 g/mol. The van der Waals surface area contributed by atoms with Gasteiger partial charge >= 0.3 is 0 Å². The van der Waals surface area contributed by atoms with E-state index in [0.717, 1.165) is 6.61 Å². The Balaban J connectivity index is 0. The van der Waals surface area contributed by atoms with Crippen molar-refractivity contribution >= 4 is 21.9 Å². The molecule has 0 aromatic rings. The molecular formula is C2H8ClOP. The summed E-state index contributed by atoms with van der Waals surface area (Å²) in [6.07, 6.45) is 0. The Kier molecular flexibility index (Phi) is 16.2. The van der Waals surface area contributed by atoms with Gasteiger partial charge in [0.25, 0.3) is 0 Å². The first-order valence-corrected chi connectivity index (χ1v) is 1.70.